The van der Waals surface area contributed by atoms with Crippen LogP contribution in [0.1, 0.15) is 59.3 Å². The van der Waals surface area contributed by atoms with Gasteiger partial charge in [-0.3, -0.25) is 4.90 Å². The van der Waals surface area contributed by atoms with Gasteiger partial charge in [0.1, 0.15) is 0 Å². The predicted octanol–water partition coefficient (Wildman–Crippen LogP) is 5.58. The molecule has 2 fully saturated rings. The molecule has 3 aliphatic rings. The van der Waals surface area contributed by atoms with Crippen LogP contribution in [0.5, 0.6) is 0 Å². The minimum atomic E-state index is -1.86. The second-order valence-corrected chi connectivity index (χ2v) is 14.9. The van der Waals surface area contributed by atoms with E-state index in [0.29, 0.717) is 18.6 Å². The highest BCUT2D eigenvalue weighted by atomic mass is 28.4. The Balaban J connectivity index is 1.64. The summed E-state index contributed by atoms with van der Waals surface area (Å²) in [4.78, 5) is 13.3. The van der Waals surface area contributed by atoms with Crippen molar-refractivity contribution in [1.82, 2.24) is 4.90 Å². The number of carbonyl (C=O) groups is 1. The molecule has 0 radical (unpaired) electrons. The second kappa shape index (κ2) is 6.83. The van der Waals surface area contributed by atoms with Gasteiger partial charge in [-0.25, -0.2) is 4.79 Å². The summed E-state index contributed by atoms with van der Waals surface area (Å²) in [5.74, 6) is 0. The SMILES string of the molecule is CC(C)(C)[Si](C)(C)OC[C@@H]1CC(=CC2=CCC3(CC2)CC3)CN1C(=O)O. The molecule has 5 heteroatoms. The Hall–Kier alpha value is -1.07. The van der Waals surface area contributed by atoms with Gasteiger partial charge in [0.05, 0.1) is 12.6 Å². The van der Waals surface area contributed by atoms with E-state index in [0.717, 1.165) is 12.8 Å². The fraction of sp³-hybridized carbons (Fsp3) is 0.762. The van der Waals surface area contributed by atoms with Crippen LogP contribution in [0.2, 0.25) is 18.1 Å². The highest BCUT2D eigenvalue weighted by molar-refractivity contribution is 6.74. The average molecular weight is 378 g/mol. The van der Waals surface area contributed by atoms with Crippen LogP contribution in [0.15, 0.2) is 23.3 Å². The number of rotatable bonds is 4. The molecule has 3 rings (SSSR count). The molecular formula is C21H35NO3Si. The van der Waals surface area contributed by atoms with Crippen molar-refractivity contribution < 1.29 is 14.3 Å². The first kappa shape index (κ1) is 19.7. The Bertz CT molecular complexity index is 626. The molecule has 1 saturated heterocycles. The monoisotopic (exact) mass is 377 g/mol. The summed E-state index contributed by atoms with van der Waals surface area (Å²) < 4.78 is 6.32. The number of allylic oxidation sites excluding steroid dienone is 3. The molecule has 2 aliphatic carbocycles. The summed E-state index contributed by atoms with van der Waals surface area (Å²) in [6.45, 7) is 12.2. The van der Waals surface area contributed by atoms with Crippen molar-refractivity contribution in [3.63, 3.8) is 0 Å². The molecule has 0 bridgehead atoms. The third-order valence-corrected chi connectivity index (χ3v) is 11.6. The van der Waals surface area contributed by atoms with Gasteiger partial charge >= 0.3 is 6.09 Å². The Morgan fingerprint density at radius 1 is 1.38 bits per heavy atom. The molecule has 0 unspecified atom stereocenters. The van der Waals surface area contributed by atoms with E-state index in [4.69, 9.17) is 4.43 Å². The summed E-state index contributed by atoms with van der Waals surface area (Å²) in [6.07, 6.45) is 11.1. The summed E-state index contributed by atoms with van der Waals surface area (Å²) in [5, 5.41) is 9.76. The van der Waals surface area contributed by atoms with Crippen LogP contribution in [0.25, 0.3) is 0 Å². The fourth-order valence-electron chi connectivity index (χ4n) is 3.81. The van der Waals surface area contributed by atoms with Gasteiger partial charge in [0, 0.05) is 6.54 Å². The van der Waals surface area contributed by atoms with Gasteiger partial charge in [0.2, 0.25) is 0 Å². The van der Waals surface area contributed by atoms with Crippen molar-refractivity contribution in [3.05, 3.63) is 23.3 Å². The molecule has 1 aliphatic heterocycles. The van der Waals surface area contributed by atoms with E-state index in [-0.39, 0.29) is 11.1 Å². The van der Waals surface area contributed by atoms with Crippen LogP contribution in [0, 0.1) is 5.41 Å². The molecule has 0 aromatic heterocycles. The topological polar surface area (TPSA) is 49.8 Å². The lowest BCUT2D eigenvalue weighted by atomic mass is 9.86. The third kappa shape index (κ3) is 4.25. The Morgan fingerprint density at radius 3 is 2.58 bits per heavy atom. The van der Waals surface area contributed by atoms with Crippen molar-refractivity contribution >= 4 is 14.4 Å². The van der Waals surface area contributed by atoms with Crippen LogP contribution in [0.3, 0.4) is 0 Å². The molecule has 1 N–H and O–H groups in total. The molecule has 1 atom stereocenters. The zero-order valence-corrected chi connectivity index (χ0v) is 18.1. The van der Waals surface area contributed by atoms with E-state index in [2.05, 4.69) is 46.0 Å². The van der Waals surface area contributed by atoms with Gasteiger partial charge in [0.25, 0.3) is 0 Å². The molecule has 1 spiro atoms. The Morgan fingerprint density at radius 2 is 2.08 bits per heavy atom. The molecular weight excluding hydrogens is 342 g/mol. The lowest BCUT2D eigenvalue weighted by Crippen LogP contribution is -2.45. The van der Waals surface area contributed by atoms with Gasteiger partial charge < -0.3 is 9.53 Å². The number of carboxylic acid groups (broad SMARTS) is 1. The average Bonchev–Trinajstić information content (AvgIpc) is 3.16. The lowest BCUT2D eigenvalue weighted by Gasteiger charge is -2.37. The van der Waals surface area contributed by atoms with E-state index >= 15 is 0 Å². The van der Waals surface area contributed by atoms with Crippen molar-refractivity contribution in [2.75, 3.05) is 13.2 Å². The van der Waals surface area contributed by atoms with Crippen molar-refractivity contribution in [2.45, 2.75) is 83.5 Å². The number of hydrogen-bond acceptors (Lipinski definition) is 2. The number of likely N-dealkylation sites (tertiary alicyclic amines) is 1. The number of nitrogens with zero attached hydrogens (tertiary/aromatic N) is 1. The maximum Gasteiger partial charge on any atom is 0.407 e. The van der Waals surface area contributed by atoms with Crippen LogP contribution in [0.4, 0.5) is 4.79 Å². The maximum atomic E-state index is 11.7. The van der Waals surface area contributed by atoms with E-state index < -0.39 is 14.4 Å². The number of hydrogen-bond donors (Lipinski definition) is 1. The van der Waals surface area contributed by atoms with Crippen molar-refractivity contribution in [3.8, 4) is 0 Å². The first-order valence-corrected chi connectivity index (χ1v) is 12.9. The van der Waals surface area contributed by atoms with E-state index in [1.54, 1.807) is 4.90 Å². The van der Waals surface area contributed by atoms with E-state index in [1.807, 2.05) is 0 Å². The smallest absolute Gasteiger partial charge is 0.407 e. The highest BCUT2D eigenvalue weighted by Crippen LogP contribution is 2.55. The summed E-state index contributed by atoms with van der Waals surface area (Å²) in [5.41, 5.74) is 3.30. The number of amides is 1. The zero-order chi connectivity index (χ0) is 19.2. The Labute approximate surface area is 159 Å². The molecule has 0 aromatic carbocycles. The second-order valence-electron chi connectivity index (χ2n) is 10.1. The summed E-state index contributed by atoms with van der Waals surface area (Å²) in [6, 6.07) is -0.0492. The fourth-order valence-corrected chi connectivity index (χ4v) is 4.85. The quantitative estimate of drug-likeness (QED) is 0.651. The molecule has 1 heterocycles. The van der Waals surface area contributed by atoms with Crippen molar-refractivity contribution in [2.24, 2.45) is 5.41 Å². The van der Waals surface area contributed by atoms with Gasteiger partial charge in [0.15, 0.2) is 8.32 Å². The van der Waals surface area contributed by atoms with Crippen LogP contribution < -0.4 is 0 Å². The molecule has 1 saturated carbocycles. The molecule has 26 heavy (non-hydrogen) atoms. The van der Waals surface area contributed by atoms with Gasteiger partial charge in [-0.15, -0.1) is 0 Å². The van der Waals surface area contributed by atoms with E-state index in [9.17, 15) is 9.90 Å². The van der Waals surface area contributed by atoms with Crippen LogP contribution >= 0.6 is 0 Å². The van der Waals surface area contributed by atoms with E-state index in [1.165, 1.54) is 36.8 Å². The van der Waals surface area contributed by atoms with Gasteiger partial charge in [-0.1, -0.05) is 38.5 Å². The maximum absolute atomic E-state index is 11.7. The van der Waals surface area contributed by atoms with Crippen LogP contribution in [-0.2, 0) is 4.43 Å². The first-order valence-electron chi connectivity index (χ1n) is 10.0. The molecule has 1 amide bonds. The summed E-state index contributed by atoms with van der Waals surface area (Å²) in [7, 11) is -1.86. The Kier molecular flexibility index (Phi) is 5.17. The van der Waals surface area contributed by atoms with Gasteiger partial charge in [-0.2, -0.15) is 0 Å². The normalized spacial score (nSPS) is 27.1. The highest BCUT2D eigenvalue weighted by Gasteiger charge is 2.43. The zero-order valence-electron chi connectivity index (χ0n) is 17.1. The standard InChI is InChI=1S/C21H35NO3Si/c1-20(2,3)26(4,5)25-15-18-13-17(14-22(18)19(23)24)12-16-6-8-21(9-7-16)10-11-21/h6,12,18H,7-11,13-15H2,1-5H3,(H,23,24)/t18-/m0/s1. The molecule has 146 valence electrons. The van der Waals surface area contributed by atoms with Crippen LogP contribution in [-0.4, -0.2) is 43.6 Å². The third-order valence-electron chi connectivity index (χ3n) is 7.09. The minimum absolute atomic E-state index is 0.0492. The first-order chi connectivity index (χ1) is 12.0. The van der Waals surface area contributed by atoms with Crippen molar-refractivity contribution in [1.29, 1.82) is 0 Å². The minimum Gasteiger partial charge on any atom is -0.465 e. The molecule has 0 aromatic rings. The predicted molar refractivity (Wildman–Crippen MR) is 108 cm³/mol. The summed E-state index contributed by atoms with van der Waals surface area (Å²) >= 11 is 0. The largest absolute Gasteiger partial charge is 0.465 e. The lowest BCUT2D eigenvalue weighted by molar-refractivity contribution is 0.120. The van der Waals surface area contributed by atoms with Gasteiger partial charge in [-0.05, 0) is 67.6 Å². The molecule has 4 nitrogen and oxygen atoms in total.